The van der Waals surface area contributed by atoms with Crippen molar-refractivity contribution in [2.24, 2.45) is 0 Å². The molecule has 10 nitrogen and oxygen atoms in total. The number of thiazole rings is 1. The lowest BCUT2D eigenvalue weighted by Gasteiger charge is -2.33. The number of amides is 1. The molecule has 12 heteroatoms. The Kier molecular flexibility index (Phi) is 4.68. The van der Waals surface area contributed by atoms with Gasteiger partial charge in [-0.05, 0) is 12.1 Å². The number of carbonyl (C=O) groups is 1. The SMILES string of the molecule is O=C(c1csc(-c2ncn[nH]2)n1)N1CCN(S(=O)(=O)c2cccnc2)CC1. The van der Waals surface area contributed by atoms with E-state index < -0.39 is 10.0 Å². The highest BCUT2D eigenvalue weighted by Crippen LogP contribution is 2.22. The Morgan fingerprint density at radius 2 is 2.04 bits per heavy atom. The Bertz CT molecular complexity index is 1030. The van der Waals surface area contributed by atoms with E-state index in [9.17, 15) is 13.2 Å². The predicted octanol–water partition coefficient (Wildman–Crippen LogP) is 0.470. The minimum atomic E-state index is -3.60. The van der Waals surface area contributed by atoms with E-state index in [0.717, 1.165) is 0 Å². The number of hydrogen-bond acceptors (Lipinski definition) is 8. The molecule has 0 unspecified atom stereocenters. The largest absolute Gasteiger partial charge is 0.335 e. The zero-order valence-electron chi connectivity index (χ0n) is 14.0. The molecule has 0 radical (unpaired) electrons. The fourth-order valence-corrected chi connectivity index (χ4v) is 4.86. The number of nitrogens with one attached hydrogen (secondary N) is 1. The van der Waals surface area contributed by atoms with Gasteiger partial charge >= 0.3 is 0 Å². The van der Waals surface area contributed by atoms with Crippen LogP contribution in [0.15, 0.2) is 41.1 Å². The van der Waals surface area contributed by atoms with Gasteiger partial charge in [0.2, 0.25) is 10.0 Å². The van der Waals surface area contributed by atoms with Gasteiger partial charge in [0.25, 0.3) is 5.91 Å². The van der Waals surface area contributed by atoms with Crippen LogP contribution < -0.4 is 0 Å². The Labute approximate surface area is 159 Å². The van der Waals surface area contributed by atoms with Gasteiger partial charge in [0, 0.05) is 44.0 Å². The molecule has 4 rings (SSSR count). The van der Waals surface area contributed by atoms with Crippen LogP contribution in [0.3, 0.4) is 0 Å². The fraction of sp³-hybridized carbons (Fsp3) is 0.267. The average molecular weight is 405 g/mol. The first-order chi connectivity index (χ1) is 13.1. The molecule has 0 bridgehead atoms. The highest BCUT2D eigenvalue weighted by molar-refractivity contribution is 7.89. The number of H-pyrrole nitrogens is 1. The van der Waals surface area contributed by atoms with Crippen LogP contribution in [0.25, 0.3) is 10.8 Å². The van der Waals surface area contributed by atoms with Gasteiger partial charge in [-0.2, -0.15) is 9.40 Å². The van der Waals surface area contributed by atoms with Gasteiger partial charge in [-0.15, -0.1) is 11.3 Å². The smallest absolute Gasteiger partial charge is 0.273 e. The lowest BCUT2D eigenvalue weighted by molar-refractivity contribution is 0.0693. The van der Waals surface area contributed by atoms with E-state index in [4.69, 9.17) is 0 Å². The van der Waals surface area contributed by atoms with Crippen molar-refractivity contribution in [3.05, 3.63) is 41.9 Å². The Morgan fingerprint density at radius 3 is 2.70 bits per heavy atom. The maximum Gasteiger partial charge on any atom is 0.273 e. The summed E-state index contributed by atoms with van der Waals surface area (Å²) in [6.07, 6.45) is 4.23. The molecule has 140 valence electrons. The summed E-state index contributed by atoms with van der Waals surface area (Å²) in [5, 5.41) is 8.72. The highest BCUT2D eigenvalue weighted by atomic mass is 32.2. The Hall–Kier alpha value is -2.70. The number of aromatic nitrogens is 5. The summed E-state index contributed by atoms with van der Waals surface area (Å²) >= 11 is 1.30. The first-order valence-corrected chi connectivity index (χ1v) is 10.4. The van der Waals surface area contributed by atoms with E-state index >= 15 is 0 Å². The topological polar surface area (TPSA) is 125 Å². The van der Waals surface area contributed by atoms with Gasteiger partial charge in [-0.1, -0.05) is 0 Å². The van der Waals surface area contributed by atoms with Crippen molar-refractivity contribution in [1.82, 2.24) is 34.4 Å². The first kappa shape index (κ1) is 17.7. The second-order valence-corrected chi connectivity index (χ2v) is 8.55. The van der Waals surface area contributed by atoms with Crippen LogP contribution in [0.1, 0.15) is 10.5 Å². The molecule has 0 saturated carbocycles. The molecule has 1 saturated heterocycles. The zero-order chi connectivity index (χ0) is 18.9. The van der Waals surface area contributed by atoms with Crippen molar-refractivity contribution < 1.29 is 13.2 Å². The third-order valence-electron chi connectivity index (χ3n) is 4.14. The summed E-state index contributed by atoms with van der Waals surface area (Å²) < 4.78 is 26.6. The van der Waals surface area contributed by atoms with Gasteiger partial charge in [-0.3, -0.25) is 14.9 Å². The highest BCUT2D eigenvalue weighted by Gasteiger charge is 2.31. The average Bonchev–Trinajstić information content (AvgIpc) is 3.40. The summed E-state index contributed by atoms with van der Waals surface area (Å²) in [6.45, 7) is 1.05. The van der Waals surface area contributed by atoms with Crippen molar-refractivity contribution in [3.63, 3.8) is 0 Å². The monoisotopic (exact) mass is 405 g/mol. The van der Waals surface area contributed by atoms with Crippen LogP contribution in [0.4, 0.5) is 0 Å². The third-order valence-corrected chi connectivity index (χ3v) is 6.87. The summed E-state index contributed by atoms with van der Waals surface area (Å²) in [5.41, 5.74) is 0.315. The van der Waals surface area contributed by atoms with E-state index in [-0.39, 0.29) is 23.9 Å². The second-order valence-electron chi connectivity index (χ2n) is 5.76. The molecular weight excluding hydrogens is 390 g/mol. The maximum atomic E-state index is 12.7. The van der Waals surface area contributed by atoms with Crippen LogP contribution in [0.5, 0.6) is 0 Å². The molecule has 1 aliphatic heterocycles. The number of pyridine rings is 1. The lowest BCUT2D eigenvalue weighted by Crippen LogP contribution is -2.50. The number of piperazine rings is 1. The molecule has 3 aromatic heterocycles. The number of sulfonamides is 1. The number of aromatic amines is 1. The van der Waals surface area contributed by atoms with E-state index in [1.165, 1.54) is 40.4 Å². The molecule has 0 aromatic carbocycles. The van der Waals surface area contributed by atoms with E-state index in [2.05, 4.69) is 25.1 Å². The first-order valence-electron chi connectivity index (χ1n) is 8.06. The molecule has 1 aliphatic rings. The molecule has 0 atom stereocenters. The molecule has 27 heavy (non-hydrogen) atoms. The quantitative estimate of drug-likeness (QED) is 0.669. The Morgan fingerprint density at radius 1 is 1.22 bits per heavy atom. The molecule has 1 amide bonds. The van der Waals surface area contributed by atoms with Gasteiger partial charge < -0.3 is 4.90 Å². The predicted molar refractivity (Wildman–Crippen MR) is 96.4 cm³/mol. The third kappa shape index (κ3) is 3.46. The van der Waals surface area contributed by atoms with Crippen molar-refractivity contribution in [2.45, 2.75) is 4.90 Å². The summed E-state index contributed by atoms with van der Waals surface area (Å²) in [5.74, 6) is 0.280. The fourth-order valence-electron chi connectivity index (χ4n) is 2.73. The maximum absolute atomic E-state index is 12.7. The van der Waals surface area contributed by atoms with E-state index in [1.807, 2.05) is 0 Å². The minimum Gasteiger partial charge on any atom is -0.335 e. The van der Waals surface area contributed by atoms with Crippen molar-refractivity contribution in [1.29, 1.82) is 0 Å². The number of hydrogen-bond donors (Lipinski definition) is 1. The van der Waals surface area contributed by atoms with Crippen LogP contribution >= 0.6 is 11.3 Å². The van der Waals surface area contributed by atoms with Crippen LogP contribution in [0, 0.1) is 0 Å². The molecule has 0 aliphatic carbocycles. The van der Waals surface area contributed by atoms with Crippen molar-refractivity contribution in [3.8, 4) is 10.8 Å². The van der Waals surface area contributed by atoms with Gasteiger partial charge in [-0.25, -0.2) is 18.4 Å². The van der Waals surface area contributed by atoms with Crippen LogP contribution in [0.2, 0.25) is 0 Å². The summed E-state index contributed by atoms with van der Waals surface area (Å²) in [4.78, 5) is 26.6. The zero-order valence-corrected chi connectivity index (χ0v) is 15.7. The van der Waals surface area contributed by atoms with E-state index in [1.54, 1.807) is 16.3 Å². The van der Waals surface area contributed by atoms with Gasteiger partial charge in [0.05, 0.1) is 0 Å². The van der Waals surface area contributed by atoms with E-state index in [0.29, 0.717) is 29.6 Å². The molecule has 4 heterocycles. The van der Waals surface area contributed by atoms with Crippen LogP contribution in [-0.4, -0.2) is 74.9 Å². The Balaban J connectivity index is 1.43. The molecule has 0 spiro atoms. The number of nitrogens with zero attached hydrogens (tertiary/aromatic N) is 6. The van der Waals surface area contributed by atoms with Crippen molar-refractivity contribution in [2.75, 3.05) is 26.2 Å². The normalized spacial score (nSPS) is 15.8. The lowest BCUT2D eigenvalue weighted by atomic mass is 10.3. The second kappa shape index (κ2) is 7.13. The molecule has 1 fully saturated rings. The number of carbonyl (C=O) groups excluding carboxylic acids is 1. The number of rotatable bonds is 4. The molecule has 3 aromatic rings. The summed E-state index contributed by atoms with van der Waals surface area (Å²) in [7, 11) is -3.60. The molecular formula is C15H15N7O3S2. The van der Waals surface area contributed by atoms with Crippen LogP contribution in [-0.2, 0) is 10.0 Å². The standard InChI is InChI=1S/C15H15N7O3S2/c23-15(12-9-26-14(19-12)13-17-10-18-20-13)21-4-6-22(7-5-21)27(24,25)11-2-1-3-16-8-11/h1-3,8-10H,4-7H2,(H,17,18,20). The van der Waals surface area contributed by atoms with Gasteiger partial charge in [0.15, 0.2) is 10.8 Å². The molecule has 1 N–H and O–H groups in total. The van der Waals surface area contributed by atoms with Crippen molar-refractivity contribution >= 4 is 27.3 Å². The van der Waals surface area contributed by atoms with Gasteiger partial charge in [0.1, 0.15) is 16.9 Å². The minimum absolute atomic E-state index is 0.154. The summed E-state index contributed by atoms with van der Waals surface area (Å²) in [6, 6.07) is 3.10.